The van der Waals surface area contributed by atoms with E-state index in [9.17, 15) is 39.3 Å². The van der Waals surface area contributed by atoms with Gasteiger partial charge in [-0.3, -0.25) is 24.0 Å². The van der Waals surface area contributed by atoms with E-state index in [2.05, 4.69) is 10.0 Å². The number of Topliss-reactive ketones (excluding diaryl/α,β-unsaturated/α-hetero) is 4. The Morgan fingerprint density at radius 2 is 1.91 bits per heavy atom. The molecule has 12 nitrogen and oxygen atoms in total. The maximum Gasteiger partial charge on any atom is 0.235 e. The molecule has 2 unspecified atom stereocenters. The van der Waals surface area contributed by atoms with Crippen LogP contribution in [0.2, 0.25) is 0 Å². The Bertz CT molecular complexity index is 1170. The summed E-state index contributed by atoms with van der Waals surface area (Å²) >= 11 is 0. The third kappa shape index (κ3) is 2.51. The molecule has 0 bridgehead atoms. The van der Waals surface area contributed by atoms with Gasteiger partial charge in [0.1, 0.15) is 5.75 Å². The molecule has 32 heavy (non-hydrogen) atoms. The number of nitrogens with zero attached hydrogens (tertiary/aromatic N) is 3. The fourth-order valence-corrected chi connectivity index (χ4v) is 5.47. The number of primary amides is 1. The number of fused-ring (bicyclic) bond motifs is 3. The van der Waals surface area contributed by atoms with Gasteiger partial charge < -0.3 is 21.1 Å². The van der Waals surface area contributed by atoms with Crippen LogP contribution in [0.3, 0.4) is 0 Å². The van der Waals surface area contributed by atoms with Crippen molar-refractivity contribution in [2.24, 2.45) is 34.5 Å². The van der Waals surface area contributed by atoms with Crippen molar-refractivity contribution in [1.82, 2.24) is 0 Å². The molecule has 1 aromatic carbocycles. The first-order valence-corrected chi connectivity index (χ1v) is 9.74. The normalized spacial score (nSPS) is 36.0. The van der Waals surface area contributed by atoms with Gasteiger partial charge in [-0.1, -0.05) is 18.1 Å². The lowest BCUT2D eigenvalue weighted by Gasteiger charge is -2.52. The Morgan fingerprint density at radius 3 is 2.50 bits per heavy atom. The molecule has 0 aliphatic heterocycles. The molecule has 0 aromatic heterocycles. The van der Waals surface area contributed by atoms with E-state index in [0.29, 0.717) is 0 Å². The van der Waals surface area contributed by atoms with Crippen molar-refractivity contribution < 1.29 is 39.3 Å². The maximum absolute atomic E-state index is 13.4. The van der Waals surface area contributed by atoms with Crippen LogP contribution in [0.5, 0.6) is 5.75 Å². The lowest BCUT2D eigenvalue weighted by molar-refractivity contribution is -0.189. The first kappa shape index (κ1) is 21.6. The highest BCUT2D eigenvalue weighted by molar-refractivity contribution is 6.31. The van der Waals surface area contributed by atoms with Gasteiger partial charge in [0.05, 0.1) is 23.3 Å². The number of aromatic hydroxyl groups is 1. The van der Waals surface area contributed by atoms with E-state index < -0.39 is 82.5 Å². The summed E-state index contributed by atoms with van der Waals surface area (Å²) in [6.45, 7) is 1.58. The van der Waals surface area contributed by atoms with Gasteiger partial charge in [-0.2, -0.15) is 0 Å². The molecule has 2 fully saturated rings. The molecule has 12 heteroatoms. The predicted octanol–water partition coefficient (Wildman–Crippen LogP) is -0.200. The number of azide groups is 1. The van der Waals surface area contributed by atoms with E-state index in [-0.39, 0.29) is 16.8 Å². The summed E-state index contributed by atoms with van der Waals surface area (Å²) in [5.41, 5.74) is 10.5. The number of nitrogens with two attached hydrogens (primary N) is 1. The SMILES string of the molecule is C[C@H]1c2ccc(N=[N+]=[N-])c(O)c2C(=O)C2C(=O)[C@]3(O)C(=O)C(C(N)=O)C(=O)C[C@@H]3[C@@H](O)[C@@H]21. The van der Waals surface area contributed by atoms with E-state index >= 15 is 0 Å². The maximum atomic E-state index is 13.4. The standard InChI is InChI=1S/C20H18N4O8/c1-5-6-2-3-8(23-24-22)15(27)11(6)16(28)13-10(5)14(26)7-4-9(25)12(19(21)31)17(29)20(7,32)18(13)30/h2-3,5,7,10,12-14,26-27,32H,4H2,1H3,(H2,21,31)/t5-,7+,10+,12?,13?,14+,20+/m0/s1. The molecule has 2 saturated carbocycles. The Balaban J connectivity index is 1.91. The Kier molecular flexibility index (Phi) is 4.70. The van der Waals surface area contributed by atoms with Crippen molar-refractivity contribution in [3.63, 3.8) is 0 Å². The monoisotopic (exact) mass is 442 g/mol. The van der Waals surface area contributed by atoms with Gasteiger partial charge in [-0.25, -0.2) is 0 Å². The predicted molar refractivity (Wildman–Crippen MR) is 103 cm³/mol. The number of amides is 1. The molecule has 7 atom stereocenters. The third-order valence-electron chi connectivity index (χ3n) is 6.99. The lowest BCUT2D eigenvalue weighted by Crippen LogP contribution is -2.72. The highest BCUT2D eigenvalue weighted by Gasteiger charge is 2.69. The van der Waals surface area contributed by atoms with Gasteiger partial charge in [0.2, 0.25) is 5.91 Å². The number of phenols is 1. The smallest absolute Gasteiger partial charge is 0.235 e. The average Bonchev–Trinajstić information content (AvgIpc) is 2.72. The molecule has 166 valence electrons. The van der Waals surface area contributed by atoms with E-state index in [1.54, 1.807) is 6.92 Å². The van der Waals surface area contributed by atoms with Crippen molar-refractivity contribution in [2.45, 2.75) is 31.0 Å². The number of hydrogen-bond acceptors (Lipinski definition) is 9. The van der Waals surface area contributed by atoms with Gasteiger partial charge in [-0.15, -0.1) is 0 Å². The first-order chi connectivity index (χ1) is 15.0. The number of rotatable bonds is 2. The van der Waals surface area contributed by atoms with Crippen LogP contribution >= 0.6 is 0 Å². The molecule has 0 saturated heterocycles. The summed E-state index contributed by atoms with van der Waals surface area (Å²) in [4.78, 5) is 66.2. The molecule has 3 aliphatic carbocycles. The number of ketones is 4. The van der Waals surface area contributed by atoms with Crippen molar-refractivity contribution in [2.75, 3.05) is 0 Å². The molecule has 1 amide bonds. The zero-order valence-corrected chi connectivity index (χ0v) is 16.6. The summed E-state index contributed by atoms with van der Waals surface area (Å²) in [5, 5.41) is 36.0. The lowest BCUT2D eigenvalue weighted by atomic mass is 9.50. The number of aliphatic hydroxyl groups is 2. The van der Waals surface area contributed by atoms with Gasteiger partial charge in [0.15, 0.2) is 34.7 Å². The minimum absolute atomic E-state index is 0.265. The second-order valence-corrected chi connectivity index (χ2v) is 8.39. The second-order valence-electron chi connectivity index (χ2n) is 8.39. The molecule has 0 spiro atoms. The van der Waals surface area contributed by atoms with Crippen molar-refractivity contribution >= 4 is 34.7 Å². The molecule has 0 radical (unpaired) electrons. The van der Waals surface area contributed by atoms with Crippen LogP contribution in [-0.4, -0.2) is 56.1 Å². The molecular formula is C20H18N4O8. The summed E-state index contributed by atoms with van der Waals surface area (Å²) in [7, 11) is 0. The molecule has 1 aromatic rings. The van der Waals surface area contributed by atoms with Gasteiger partial charge in [0.25, 0.3) is 0 Å². The topological polar surface area (TPSA) is 221 Å². The first-order valence-electron chi connectivity index (χ1n) is 9.74. The largest absolute Gasteiger partial charge is 0.507 e. The highest BCUT2D eigenvalue weighted by atomic mass is 16.3. The Morgan fingerprint density at radius 1 is 1.25 bits per heavy atom. The van der Waals surface area contributed by atoms with E-state index in [4.69, 9.17) is 11.3 Å². The fraction of sp³-hybridized carbons (Fsp3) is 0.450. The quantitative estimate of drug-likeness (QED) is 0.207. The number of benzene rings is 1. The summed E-state index contributed by atoms with van der Waals surface area (Å²) in [6, 6.07) is 2.69. The van der Waals surface area contributed by atoms with Crippen LogP contribution < -0.4 is 5.73 Å². The number of hydrogen-bond donors (Lipinski definition) is 4. The zero-order valence-electron chi connectivity index (χ0n) is 16.6. The Labute approximate surface area is 179 Å². The van der Waals surface area contributed by atoms with Crippen LogP contribution in [0.25, 0.3) is 10.4 Å². The summed E-state index contributed by atoms with van der Waals surface area (Å²) in [5.74, 6) is -13.9. The Hall–Kier alpha value is -3.60. The third-order valence-corrected chi connectivity index (χ3v) is 6.99. The van der Waals surface area contributed by atoms with Crippen LogP contribution in [0.15, 0.2) is 17.2 Å². The number of aliphatic hydroxyl groups excluding tert-OH is 1. The summed E-state index contributed by atoms with van der Waals surface area (Å²) in [6.07, 6.45) is -2.28. The molecular weight excluding hydrogens is 424 g/mol. The van der Waals surface area contributed by atoms with Crippen molar-refractivity contribution in [1.29, 1.82) is 0 Å². The van der Waals surface area contributed by atoms with Crippen molar-refractivity contribution in [3.05, 3.63) is 33.7 Å². The molecule has 4 rings (SSSR count). The molecule has 5 N–H and O–H groups in total. The van der Waals surface area contributed by atoms with Crippen LogP contribution in [0.4, 0.5) is 5.69 Å². The summed E-state index contributed by atoms with van der Waals surface area (Å²) < 4.78 is 0. The van der Waals surface area contributed by atoms with Gasteiger partial charge >= 0.3 is 0 Å². The second kappa shape index (κ2) is 6.95. The van der Waals surface area contributed by atoms with E-state index in [1.165, 1.54) is 12.1 Å². The molecule has 0 heterocycles. The zero-order chi connectivity index (χ0) is 23.7. The number of carbonyl (C=O) groups is 5. The van der Waals surface area contributed by atoms with E-state index in [0.717, 1.165) is 0 Å². The van der Waals surface area contributed by atoms with Crippen LogP contribution in [-0.2, 0) is 19.2 Å². The number of phenolic OH excluding ortho intramolecular Hbond substituents is 1. The average molecular weight is 442 g/mol. The van der Waals surface area contributed by atoms with Gasteiger partial charge in [0, 0.05) is 23.2 Å². The molecule has 3 aliphatic rings. The van der Waals surface area contributed by atoms with Gasteiger partial charge in [-0.05, 0) is 23.1 Å². The van der Waals surface area contributed by atoms with Crippen LogP contribution in [0, 0.1) is 23.7 Å². The fourth-order valence-electron chi connectivity index (χ4n) is 5.47. The number of carbonyl (C=O) groups excluding carboxylic acids is 5. The minimum Gasteiger partial charge on any atom is -0.507 e. The minimum atomic E-state index is -2.97. The van der Waals surface area contributed by atoms with Crippen LogP contribution in [0.1, 0.15) is 35.2 Å². The highest BCUT2D eigenvalue weighted by Crippen LogP contribution is 2.54. The van der Waals surface area contributed by atoms with E-state index in [1.807, 2.05) is 0 Å². The van der Waals surface area contributed by atoms with Crippen molar-refractivity contribution in [3.8, 4) is 5.75 Å².